The topological polar surface area (TPSA) is 86.1 Å². The highest BCUT2D eigenvalue weighted by Crippen LogP contribution is 2.16. The summed E-state index contributed by atoms with van der Waals surface area (Å²) in [5.74, 6) is -0.399. The maximum Gasteiger partial charge on any atom is 0.305 e. The van der Waals surface area contributed by atoms with Crippen LogP contribution in [0.25, 0.3) is 11.0 Å². The normalized spacial score (nSPS) is 10.7. The molecule has 0 fully saturated rings. The van der Waals surface area contributed by atoms with Crippen LogP contribution in [0.2, 0.25) is 0 Å². The molecule has 2 aromatic heterocycles. The highest BCUT2D eigenvalue weighted by Gasteiger charge is 2.11. The summed E-state index contributed by atoms with van der Waals surface area (Å²) in [4.78, 5) is 27.3. The summed E-state index contributed by atoms with van der Waals surface area (Å²) in [5, 5.41) is 7.98. The van der Waals surface area contributed by atoms with Crippen LogP contribution in [0.1, 0.15) is 35.3 Å². The van der Waals surface area contributed by atoms with Crippen LogP contribution in [0, 0.1) is 6.92 Å². The molecule has 0 bridgehead atoms. The van der Waals surface area contributed by atoms with Crippen LogP contribution in [0.4, 0.5) is 0 Å². The molecule has 2 heterocycles. The Morgan fingerprint density at radius 2 is 2.14 bits per heavy atom. The molecular weight excluding hydrogens is 284 g/mol. The first-order valence-corrected chi connectivity index (χ1v) is 7.17. The van der Waals surface area contributed by atoms with Crippen molar-refractivity contribution in [3.8, 4) is 0 Å². The minimum atomic E-state index is -0.229. The van der Waals surface area contributed by atoms with E-state index >= 15 is 0 Å². The van der Waals surface area contributed by atoms with Gasteiger partial charge in [-0.05, 0) is 25.8 Å². The molecule has 0 saturated carbocycles. The molecule has 0 radical (unpaired) electrons. The Morgan fingerprint density at radius 1 is 1.36 bits per heavy atom. The van der Waals surface area contributed by atoms with Gasteiger partial charge >= 0.3 is 5.97 Å². The van der Waals surface area contributed by atoms with Crippen LogP contribution >= 0.6 is 0 Å². The standard InChI is InChI=1S/C15H20N4O3/c1-10-12-8-11(9-17-14(12)19(2)18-10)15(21)16-7-5-4-6-13(20)22-3/h8-9H,4-7H2,1-3H3,(H,16,21). The van der Waals surface area contributed by atoms with Gasteiger partial charge in [0.1, 0.15) is 0 Å². The summed E-state index contributed by atoms with van der Waals surface area (Å²) in [6.45, 7) is 2.40. The summed E-state index contributed by atoms with van der Waals surface area (Å²) >= 11 is 0. The van der Waals surface area contributed by atoms with Crippen molar-refractivity contribution in [3.63, 3.8) is 0 Å². The number of pyridine rings is 1. The minimum Gasteiger partial charge on any atom is -0.469 e. The fourth-order valence-corrected chi connectivity index (χ4v) is 2.23. The number of esters is 1. The third-order valence-electron chi connectivity index (χ3n) is 3.45. The van der Waals surface area contributed by atoms with Gasteiger partial charge in [0.25, 0.3) is 5.91 Å². The highest BCUT2D eigenvalue weighted by molar-refractivity contribution is 5.97. The zero-order chi connectivity index (χ0) is 16.1. The van der Waals surface area contributed by atoms with Gasteiger partial charge in [-0.2, -0.15) is 5.10 Å². The van der Waals surface area contributed by atoms with Gasteiger partial charge in [0.2, 0.25) is 0 Å². The molecule has 7 nitrogen and oxygen atoms in total. The first-order valence-electron chi connectivity index (χ1n) is 7.17. The number of aryl methyl sites for hydroxylation is 2. The molecule has 0 aliphatic rings. The molecular formula is C15H20N4O3. The second-order valence-electron chi connectivity index (χ2n) is 5.09. The van der Waals surface area contributed by atoms with Crippen LogP contribution in [-0.4, -0.2) is 40.3 Å². The largest absolute Gasteiger partial charge is 0.469 e. The van der Waals surface area contributed by atoms with Crippen molar-refractivity contribution in [2.24, 2.45) is 7.05 Å². The van der Waals surface area contributed by atoms with Crippen molar-refractivity contribution in [2.45, 2.75) is 26.2 Å². The molecule has 7 heteroatoms. The van der Waals surface area contributed by atoms with E-state index in [4.69, 9.17) is 0 Å². The molecule has 0 saturated heterocycles. The smallest absolute Gasteiger partial charge is 0.305 e. The second kappa shape index (κ2) is 7.02. The average molecular weight is 304 g/mol. The van der Waals surface area contributed by atoms with Crippen LogP contribution in [0.15, 0.2) is 12.3 Å². The number of hydrogen-bond acceptors (Lipinski definition) is 5. The Bertz CT molecular complexity index is 693. The van der Waals surface area contributed by atoms with E-state index < -0.39 is 0 Å². The first kappa shape index (κ1) is 15.9. The molecule has 0 aliphatic carbocycles. The summed E-state index contributed by atoms with van der Waals surface area (Å²) in [5.41, 5.74) is 2.11. The zero-order valence-corrected chi connectivity index (χ0v) is 13.0. The summed E-state index contributed by atoms with van der Waals surface area (Å²) in [6, 6.07) is 1.80. The molecule has 0 aromatic carbocycles. The van der Waals surface area contributed by atoms with Gasteiger partial charge in [-0.25, -0.2) is 4.98 Å². The monoisotopic (exact) mass is 304 g/mol. The van der Waals surface area contributed by atoms with Gasteiger partial charge in [0.05, 0.1) is 18.4 Å². The van der Waals surface area contributed by atoms with E-state index in [0.29, 0.717) is 24.9 Å². The lowest BCUT2D eigenvalue weighted by Crippen LogP contribution is -2.24. The van der Waals surface area contributed by atoms with Gasteiger partial charge in [0, 0.05) is 31.6 Å². The summed E-state index contributed by atoms with van der Waals surface area (Å²) < 4.78 is 6.25. The first-order chi connectivity index (χ1) is 10.5. The van der Waals surface area contributed by atoms with Gasteiger partial charge in [0.15, 0.2) is 5.65 Å². The number of fused-ring (bicyclic) bond motifs is 1. The number of methoxy groups -OCH3 is 1. The fourth-order valence-electron chi connectivity index (χ4n) is 2.23. The maximum atomic E-state index is 12.1. The Morgan fingerprint density at radius 3 is 2.86 bits per heavy atom. The molecule has 118 valence electrons. The van der Waals surface area contributed by atoms with Gasteiger partial charge in [-0.3, -0.25) is 14.3 Å². The number of carbonyl (C=O) groups excluding carboxylic acids is 2. The molecule has 22 heavy (non-hydrogen) atoms. The van der Waals surface area contributed by atoms with Crippen LogP contribution in [-0.2, 0) is 16.6 Å². The Hall–Kier alpha value is -2.44. The van der Waals surface area contributed by atoms with Gasteiger partial charge < -0.3 is 10.1 Å². The van der Waals surface area contributed by atoms with E-state index in [0.717, 1.165) is 23.1 Å². The second-order valence-corrected chi connectivity index (χ2v) is 5.09. The summed E-state index contributed by atoms with van der Waals surface area (Å²) in [7, 11) is 3.19. The third kappa shape index (κ3) is 3.60. The molecule has 0 spiro atoms. The number of nitrogens with one attached hydrogen (secondary N) is 1. The molecule has 1 N–H and O–H groups in total. The van der Waals surface area contributed by atoms with Crippen molar-refractivity contribution in [1.29, 1.82) is 0 Å². The number of rotatable bonds is 6. The summed E-state index contributed by atoms with van der Waals surface area (Å²) in [6.07, 6.45) is 3.33. The minimum absolute atomic E-state index is 0.171. The molecule has 0 unspecified atom stereocenters. The lowest BCUT2D eigenvalue weighted by molar-refractivity contribution is -0.140. The van der Waals surface area contributed by atoms with Crippen molar-refractivity contribution in [1.82, 2.24) is 20.1 Å². The molecule has 2 rings (SSSR count). The molecule has 0 atom stereocenters. The van der Waals surface area contributed by atoms with Crippen LogP contribution in [0.3, 0.4) is 0 Å². The van der Waals surface area contributed by atoms with Crippen molar-refractivity contribution < 1.29 is 14.3 Å². The SMILES string of the molecule is COC(=O)CCCCNC(=O)c1cnc2c(c1)c(C)nn2C. The van der Waals surface area contributed by atoms with E-state index in [-0.39, 0.29) is 11.9 Å². The Labute approximate surface area is 128 Å². The van der Waals surface area contributed by atoms with E-state index in [2.05, 4.69) is 20.1 Å². The molecule has 0 aliphatic heterocycles. The zero-order valence-electron chi connectivity index (χ0n) is 13.0. The van der Waals surface area contributed by atoms with Gasteiger partial charge in [-0.1, -0.05) is 0 Å². The molecule has 2 aromatic rings. The van der Waals surface area contributed by atoms with Crippen LogP contribution in [0.5, 0.6) is 0 Å². The number of ether oxygens (including phenoxy) is 1. The fraction of sp³-hybridized carbons (Fsp3) is 0.467. The number of nitrogens with zero attached hydrogens (tertiary/aromatic N) is 3. The van der Waals surface area contributed by atoms with Crippen LogP contribution < -0.4 is 5.32 Å². The third-order valence-corrected chi connectivity index (χ3v) is 3.45. The number of unbranched alkanes of at least 4 members (excludes halogenated alkanes) is 1. The maximum absolute atomic E-state index is 12.1. The van der Waals surface area contributed by atoms with E-state index in [1.165, 1.54) is 7.11 Å². The Kier molecular flexibility index (Phi) is 5.08. The highest BCUT2D eigenvalue weighted by atomic mass is 16.5. The quantitative estimate of drug-likeness (QED) is 0.643. The van der Waals surface area contributed by atoms with Crippen molar-refractivity contribution in [2.75, 3.05) is 13.7 Å². The lowest BCUT2D eigenvalue weighted by Gasteiger charge is -2.05. The predicted molar refractivity (Wildman–Crippen MR) is 81.4 cm³/mol. The van der Waals surface area contributed by atoms with E-state index in [9.17, 15) is 9.59 Å². The van der Waals surface area contributed by atoms with E-state index in [1.807, 2.05) is 14.0 Å². The van der Waals surface area contributed by atoms with Crippen molar-refractivity contribution >= 4 is 22.9 Å². The Balaban J connectivity index is 1.90. The van der Waals surface area contributed by atoms with E-state index in [1.54, 1.807) is 16.9 Å². The number of carbonyl (C=O) groups is 2. The van der Waals surface area contributed by atoms with Crippen molar-refractivity contribution in [3.05, 3.63) is 23.5 Å². The lowest BCUT2D eigenvalue weighted by atomic mass is 10.2. The predicted octanol–water partition coefficient (Wildman–Crippen LogP) is 1.35. The van der Waals surface area contributed by atoms with Gasteiger partial charge in [-0.15, -0.1) is 0 Å². The number of hydrogen-bond donors (Lipinski definition) is 1. The number of aromatic nitrogens is 3. The average Bonchev–Trinajstić information content (AvgIpc) is 2.80. The number of amides is 1. The molecule has 1 amide bonds.